The van der Waals surface area contributed by atoms with E-state index in [-0.39, 0.29) is 11.2 Å². The zero-order valence-corrected chi connectivity index (χ0v) is 9.70. The minimum atomic E-state index is -0.591. The highest BCUT2D eigenvalue weighted by atomic mass is 19.1. The van der Waals surface area contributed by atoms with Crippen LogP contribution in [0.1, 0.15) is 32.6 Å². The molecule has 17 heavy (non-hydrogen) atoms. The number of nitro benzene ring substituents is 1. The Hall–Kier alpha value is -1.65. The summed E-state index contributed by atoms with van der Waals surface area (Å²) in [4.78, 5) is 9.90. The van der Waals surface area contributed by atoms with E-state index in [0.717, 1.165) is 31.7 Å². The summed E-state index contributed by atoms with van der Waals surface area (Å²) in [6.45, 7) is 2.06. The number of benzene rings is 1. The van der Waals surface area contributed by atoms with Crippen LogP contribution in [0.4, 0.5) is 15.8 Å². The van der Waals surface area contributed by atoms with Crippen molar-refractivity contribution in [1.29, 1.82) is 0 Å². The third kappa shape index (κ3) is 2.23. The summed E-state index contributed by atoms with van der Waals surface area (Å²) in [5.41, 5.74) is 0.126. The predicted octanol–water partition coefficient (Wildman–Crippen LogP) is 3.48. The molecule has 1 saturated carbocycles. The van der Waals surface area contributed by atoms with E-state index < -0.39 is 10.7 Å². The van der Waals surface area contributed by atoms with Gasteiger partial charge in [0.1, 0.15) is 0 Å². The second-order valence-electron chi connectivity index (χ2n) is 4.53. The average Bonchev–Trinajstić information content (AvgIpc) is 2.25. The van der Waals surface area contributed by atoms with Crippen LogP contribution in [0.5, 0.6) is 0 Å². The van der Waals surface area contributed by atoms with Gasteiger partial charge in [-0.25, -0.2) is 4.39 Å². The maximum Gasteiger partial charge on any atom is 0.272 e. The van der Waals surface area contributed by atoms with E-state index in [2.05, 4.69) is 12.2 Å². The summed E-state index contributed by atoms with van der Waals surface area (Å²) in [5.74, 6) is -0.557. The number of rotatable bonds is 4. The lowest BCUT2D eigenvalue weighted by Crippen LogP contribution is -2.44. The highest BCUT2D eigenvalue weighted by molar-refractivity contribution is 5.52. The smallest absolute Gasteiger partial charge is 0.272 e. The van der Waals surface area contributed by atoms with Crippen molar-refractivity contribution in [2.45, 2.75) is 38.1 Å². The number of halogens is 1. The molecular weight excluding hydrogens is 223 g/mol. The molecule has 1 fully saturated rings. The molecule has 1 aromatic carbocycles. The first-order chi connectivity index (χ1) is 8.06. The molecule has 0 heterocycles. The van der Waals surface area contributed by atoms with Crippen molar-refractivity contribution < 1.29 is 9.31 Å². The molecule has 0 bridgehead atoms. The second-order valence-corrected chi connectivity index (χ2v) is 4.53. The molecule has 0 unspecified atom stereocenters. The quantitative estimate of drug-likeness (QED) is 0.645. The SMILES string of the molecule is CCC1(Nc2ccc([N+](=O)[O-])cc2F)CCC1. The van der Waals surface area contributed by atoms with E-state index in [4.69, 9.17) is 0 Å². The fraction of sp³-hybridized carbons (Fsp3) is 0.500. The third-order valence-corrected chi connectivity index (χ3v) is 3.55. The fourth-order valence-electron chi connectivity index (χ4n) is 2.18. The standard InChI is InChI=1S/C12H15FN2O2/c1-2-12(6-3-7-12)14-11-5-4-9(15(16)17)8-10(11)13/h4-5,8,14H,2-3,6-7H2,1H3. The second kappa shape index (κ2) is 4.31. The van der Waals surface area contributed by atoms with Gasteiger partial charge in [0.05, 0.1) is 16.7 Å². The summed E-state index contributed by atoms with van der Waals surface area (Å²) in [5, 5.41) is 13.7. The van der Waals surface area contributed by atoms with Crippen molar-refractivity contribution in [3.05, 3.63) is 34.1 Å². The van der Waals surface area contributed by atoms with Crippen LogP contribution < -0.4 is 5.32 Å². The maximum atomic E-state index is 13.7. The van der Waals surface area contributed by atoms with Gasteiger partial charge >= 0.3 is 0 Å². The molecule has 2 rings (SSSR count). The van der Waals surface area contributed by atoms with Crippen molar-refractivity contribution in [2.75, 3.05) is 5.32 Å². The van der Waals surface area contributed by atoms with E-state index in [1.54, 1.807) is 0 Å². The van der Waals surface area contributed by atoms with Crippen LogP contribution in [0.3, 0.4) is 0 Å². The van der Waals surface area contributed by atoms with Gasteiger partial charge in [0.25, 0.3) is 5.69 Å². The number of hydrogen-bond acceptors (Lipinski definition) is 3. The van der Waals surface area contributed by atoms with Gasteiger partial charge < -0.3 is 5.32 Å². The van der Waals surface area contributed by atoms with Crippen LogP contribution in [0.15, 0.2) is 18.2 Å². The first-order valence-electron chi connectivity index (χ1n) is 5.78. The fourth-order valence-corrected chi connectivity index (χ4v) is 2.18. The summed E-state index contributed by atoms with van der Waals surface area (Å²) in [6, 6.07) is 3.74. The number of anilines is 1. The summed E-state index contributed by atoms with van der Waals surface area (Å²) in [7, 11) is 0. The van der Waals surface area contributed by atoms with Crippen LogP contribution >= 0.6 is 0 Å². The van der Waals surface area contributed by atoms with E-state index in [0.29, 0.717) is 5.69 Å². The number of non-ortho nitro benzene ring substituents is 1. The minimum absolute atomic E-state index is 0.0169. The molecule has 5 heteroatoms. The Kier molecular flexibility index (Phi) is 3.00. The number of nitrogens with zero attached hydrogens (tertiary/aromatic N) is 1. The Morgan fingerprint density at radius 3 is 2.65 bits per heavy atom. The topological polar surface area (TPSA) is 55.2 Å². The molecule has 1 aliphatic rings. The summed E-state index contributed by atoms with van der Waals surface area (Å²) >= 11 is 0. The lowest BCUT2D eigenvalue weighted by atomic mass is 9.74. The van der Waals surface area contributed by atoms with Crippen LogP contribution in [0, 0.1) is 15.9 Å². The zero-order valence-electron chi connectivity index (χ0n) is 9.70. The molecule has 1 aromatic rings. The lowest BCUT2D eigenvalue weighted by Gasteiger charge is -2.43. The van der Waals surface area contributed by atoms with Crippen LogP contribution in [0.25, 0.3) is 0 Å². The molecule has 1 aliphatic carbocycles. The Labute approximate surface area is 99.0 Å². The van der Waals surface area contributed by atoms with Crippen molar-refractivity contribution in [3.63, 3.8) is 0 Å². The molecular formula is C12H15FN2O2. The highest BCUT2D eigenvalue weighted by Gasteiger charge is 2.35. The predicted molar refractivity (Wildman–Crippen MR) is 63.6 cm³/mol. The van der Waals surface area contributed by atoms with E-state index in [1.165, 1.54) is 12.1 Å². The lowest BCUT2D eigenvalue weighted by molar-refractivity contribution is -0.385. The van der Waals surface area contributed by atoms with Gasteiger partial charge in [-0.1, -0.05) is 6.92 Å². The van der Waals surface area contributed by atoms with Gasteiger partial charge in [-0.05, 0) is 31.7 Å². The molecule has 0 saturated heterocycles. The van der Waals surface area contributed by atoms with E-state index in [1.807, 2.05) is 0 Å². The number of nitrogens with one attached hydrogen (secondary N) is 1. The molecule has 0 spiro atoms. The zero-order chi connectivity index (χ0) is 12.5. The molecule has 0 aromatic heterocycles. The van der Waals surface area contributed by atoms with Crippen LogP contribution in [-0.2, 0) is 0 Å². The van der Waals surface area contributed by atoms with Crippen molar-refractivity contribution in [1.82, 2.24) is 0 Å². The number of nitro groups is 1. The van der Waals surface area contributed by atoms with Crippen molar-refractivity contribution >= 4 is 11.4 Å². The van der Waals surface area contributed by atoms with E-state index in [9.17, 15) is 14.5 Å². The highest BCUT2D eigenvalue weighted by Crippen LogP contribution is 2.38. The molecule has 0 aliphatic heterocycles. The Bertz CT molecular complexity index is 439. The summed E-state index contributed by atoms with van der Waals surface area (Å²) < 4.78 is 13.7. The molecule has 0 atom stereocenters. The minimum Gasteiger partial charge on any atom is -0.377 e. The largest absolute Gasteiger partial charge is 0.377 e. The summed E-state index contributed by atoms with van der Waals surface area (Å²) in [6.07, 6.45) is 4.14. The Balaban J connectivity index is 2.19. The third-order valence-electron chi connectivity index (χ3n) is 3.55. The van der Waals surface area contributed by atoms with Crippen LogP contribution in [0.2, 0.25) is 0 Å². The molecule has 0 amide bonds. The monoisotopic (exact) mass is 238 g/mol. The molecule has 0 radical (unpaired) electrons. The first kappa shape index (κ1) is 11.8. The molecule has 1 N–H and O–H groups in total. The van der Waals surface area contributed by atoms with Gasteiger partial charge in [-0.2, -0.15) is 0 Å². The Morgan fingerprint density at radius 2 is 2.24 bits per heavy atom. The molecule has 4 nitrogen and oxygen atoms in total. The number of hydrogen-bond donors (Lipinski definition) is 1. The van der Waals surface area contributed by atoms with Gasteiger partial charge in [0, 0.05) is 11.6 Å². The molecule has 92 valence electrons. The van der Waals surface area contributed by atoms with Gasteiger partial charge in [0.2, 0.25) is 0 Å². The van der Waals surface area contributed by atoms with Crippen LogP contribution in [-0.4, -0.2) is 10.5 Å². The maximum absolute atomic E-state index is 13.7. The van der Waals surface area contributed by atoms with Crippen molar-refractivity contribution in [2.24, 2.45) is 0 Å². The Morgan fingerprint density at radius 1 is 1.53 bits per heavy atom. The average molecular weight is 238 g/mol. The normalized spacial score (nSPS) is 17.3. The first-order valence-corrected chi connectivity index (χ1v) is 5.78. The van der Waals surface area contributed by atoms with Gasteiger partial charge in [-0.3, -0.25) is 10.1 Å². The van der Waals surface area contributed by atoms with Gasteiger partial charge in [-0.15, -0.1) is 0 Å². The van der Waals surface area contributed by atoms with E-state index >= 15 is 0 Å². The van der Waals surface area contributed by atoms with Gasteiger partial charge in [0.15, 0.2) is 5.82 Å². The van der Waals surface area contributed by atoms with Crippen molar-refractivity contribution in [3.8, 4) is 0 Å².